The molecule has 8 heteroatoms. The van der Waals surface area contributed by atoms with Crippen molar-refractivity contribution in [2.24, 2.45) is 0 Å². The number of carboxylic acids is 1. The van der Waals surface area contributed by atoms with Gasteiger partial charge >= 0.3 is 5.97 Å². The molecule has 1 fully saturated rings. The first-order valence-electron chi connectivity index (χ1n) is 5.41. The van der Waals surface area contributed by atoms with Crippen molar-refractivity contribution in [1.29, 1.82) is 0 Å². The van der Waals surface area contributed by atoms with Gasteiger partial charge in [0, 0.05) is 12.7 Å². The highest BCUT2D eigenvalue weighted by Gasteiger charge is 2.35. The molecular weight excluding hydrogens is 274 g/mol. The minimum absolute atomic E-state index is 0.110. The third-order valence-electron chi connectivity index (χ3n) is 2.70. The fourth-order valence-electron chi connectivity index (χ4n) is 1.74. The molecule has 2 rings (SSSR count). The van der Waals surface area contributed by atoms with Crippen molar-refractivity contribution in [3.8, 4) is 0 Å². The first-order valence-corrected chi connectivity index (χ1v) is 5.79. The van der Waals surface area contributed by atoms with Crippen LogP contribution >= 0.6 is 11.6 Å². The predicted octanol–water partition coefficient (Wildman–Crippen LogP) is -0.240. The van der Waals surface area contributed by atoms with Crippen molar-refractivity contribution in [3.63, 3.8) is 0 Å². The monoisotopic (exact) mass is 283 g/mol. The summed E-state index contributed by atoms with van der Waals surface area (Å²) in [7, 11) is 0. The van der Waals surface area contributed by atoms with Crippen LogP contribution in [-0.2, 0) is 9.59 Å². The molecular formula is C11H10ClN3O4. The number of nitrogens with one attached hydrogen (secondary N) is 1. The van der Waals surface area contributed by atoms with Gasteiger partial charge in [0.1, 0.15) is 17.7 Å². The number of rotatable bonds is 2. The second-order valence-corrected chi connectivity index (χ2v) is 4.35. The van der Waals surface area contributed by atoms with Crippen LogP contribution in [0.15, 0.2) is 18.3 Å². The minimum atomic E-state index is -1.17. The van der Waals surface area contributed by atoms with E-state index in [4.69, 9.17) is 16.7 Å². The van der Waals surface area contributed by atoms with Gasteiger partial charge in [-0.05, 0) is 12.1 Å². The molecule has 1 aromatic rings. The number of carbonyl (C=O) groups excluding carboxylic acids is 2. The number of pyridine rings is 1. The van der Waals surface area contributed by atoms with Crippen LogP contribution in [0.2, 0.25) is 5.15 Å². The van der Waals surface area contributed by atoms with E-state index in [0.717, 1.165) is 4.90 Å². The summed E-state index contributed by atoms with van der Waals surface area (Å²) in [5, 5.41) is 11.7. The Morgan fingerprint density at radius 3 is 2.79 bits per heavy atom. The Hall–Kier alpha value is -2.15. The number of carbonyl (C=O) groups is 3. The lowest BCUT2D eigenvalue weighted by Gasteiger charge is -2.32. The Morgan fingerprint density at radius 2 is 2.21 bits per heavy atom. The first-order chi connectivity index (χ1) is 8.99. The van der Waals surface area contributed by atoms with Gasteiger partial charge in [0.15, 0.2) is 0 Å². The molecule has 2 N–H and O–H groups in total. The first kappa shape index (κ1) is 13.3. The number of aliphatic carboxylic acids is 1. The fourth-order valence-corrected chi connectivity index (χ4v) is 1.86. The molecule has 100 valence electrons. The van der Waals surface area contributed by atoms with E-state index >= 15 is 0 Å². The van der Waals surface area contributed by atoms with E-state index in [2.05, 4.69) is 10.3 Å². The Morgan fingerprint density at radius 1 is 1.47 bits per heavy atom. The minimum Gasteiger partial charge on any atom is -0.480 e. The molecule has 7 nitrogen and oxygen atoms in total. The number of aromatic nitrogens is 1. The average molecular weight is 284 g/mol. The second-order valence-electron chi connectivity index (χ2n) is 3.96. The lowest BCUT2D eigenvalue weighted by molar-refractivity contribution is -0.144. The Bertz CT molecular complexity index is 531. The van der Waals surface area contributed by atoms with Gasteiger partial charge in [-0.1, -0.05) is 11.6 Å². The summed E-state index contributed by atoms with van der Waals surface area (Å²) in [4.78, 5) is 39.3. The molecule has 0 aromatic carbocycles. The molecule has 1 aromatic heterocycles. The van der Waals surface area contributed by atoms with Gasteiger partial charge in [-0.15, -0.1) is 0 Å². The molecule has 2 heterocycles. The van der Waals surface area contributed by atoms with Crippen molar-refractivity contribution < 1.29 is 19.5 Å². The number of piperazine rings is 1. The maximum atomic E-state index is 12.2. The zero-order valence-electron chi connectivity index (χ0n) is 9.67. The standard InChI is InChI=1S/C11H10ClN3O4/c12-8-2-1-6(3-13-8)10(17)15-5-9(16)14-4-7(15)11(18)19/h1-3,7H,4-5H2,(H,14,16)(H,18,19). The van der Waals surface area contributed by atoms with Crippen LogP contribution in [-0.4, -0.2) is 51.9 Å². The molecule has 19 heavy (non-hydrogen) atoms. The van der Waals surface area contributed by atoms with Crippen LogP contribution in [0.4, 0.5) is 0 Å². The Balaban J connectivity index is 2.26. The molecule has 0 spiro atoms. The average Bonchev–Trinajstić information content (AvgIpc) is 2.38. The molecule has 2 amide bonds. The van der Waals surface area contributed by atoms with Gasteiger partial charge in [0.2, 0.25) is 5.91 Å². The summed E-state index contributed by atoms with van der Waals surface area (Å²) in [6, 6.07) is 1.78. The molecule has 0 bridgehead atoms. The molecule has 1 unspecified atom stereocenters. The summed E-state index contributed by atoms with van der Waals surface area (Å²) in [6.07, 6.45) is 1.25. The largest absolute Gasteiger partial charge is 0.480 e. The smallest absolute Gasteiger partial charge is 0.328 e. The van der Waals surface area contributed by atoms with Crippen molar-refractivity contribution in [3.05, 3.63) is 29.0 Å². The highest BCUT2D eigenvalue weighted by Crippen LogP contribution is 2.12. The summed E-state index contributed by atoms with van der Waals surface area (Å²) in [5.41, 5.74) is 0.186. The lowest BCUT2D eigenvalue weighted by atomic mass is 10.1. The van der Waals surface area contributed by atoms with Crippen LogP contribution in [0.1, 0.15) is 10.4 Å². The summed E-state index contributed by atoms with van der Waals surface area (Å²) < 4.78 is 0. The number of nitrogens with zero attached hydrogens (tertiary/aromatic N) is 2. The normalized spacial score (nSPS) is 18.9. The van der Waals surface area contributed by atoms with Crippen LogP contribution in [0.5, 0.6) is 0 Å². The number of carboxylic acid groups (broad SMARTS) is 1. The lowest BCUT2D eigenvalue weighted by Crippen LogP contribution is -2.59. The maximum Gasteiger partial charge on any atom is 0.328 e. The highest BCUT2D eigenvalue weighted by molar-refractivity contribution is 6.29. The molecule has 1 saturated heterocycles. The van der Waals surface area contributed by atoms with Gasteiger partial charge in [0.05, 0.1) is 5.56 Å². The van der Waals surface area contributed by atoms with Gasteiger partial charge < -0.3 is 15.3 Å². The maximum absolute atomic E-state index is 12.2. The number of hydrogen-bond acceptors (Lipinski definition) is 4. The Kier molecular flexibility index (Phi) is 3.66. The van der Waals surface area contributed by atoms with Crippen LogP contribution in [0.3, 0.4) is 0 Å². The number of amides is 2. The number of hydrogen-bond donors (Lipinski definition) is 2. The third kappa shape index (κ3) is 2.82. The van der Waals surface area contributed by atoms with Crippen LogP contribution in [0.25, 0.3) is 0 Å². The SMILES string of the molecule is O=C1CN(C(=O)c2ccc(Cl)nc2)C(C(=O)O)CN1. The molecule has 1 atom stereocenters. The Labute approximate surface area is 113 Å². The molecule has 0 aliphatic carbocycles. The fraction of sp³-hybridized carbons (Fsp3) is 0.273. The van der Waals surface area contributed by atoms with E-state index in [1.807, 2.05) is 0 Å². The molecule has 1 aliphatic rings. The van der Waals surface area contributed by atoms with Gasteiger partial charge in [-0.25, -0.2) is 9.78 Å². The van der Waals surface area contributed by atoms with Crippen molar-refractivity contribution >= 4 is 29.4 Å². The predicted molar refractivity (Wildman–Crippen MR) is 64.7 cm³/mol. The van der Waals surface area contributed by atoms with E-state index in [9.17, 15) is 14.4 Å². The topological polar surface area (TPSA) is 99.6 Å². The van der Waals surface area contributed by atoms with Gasteiger partial charge in [-0.3, -0.25) is 9.59 Å². The highest BCUT2D eigenvalue weighted by atomic mass is 35.5. The third-order valence-corrected chi connectivity index (χ3v) is 2.93. The summed E-state index contributed by atoms with van der Waals surface area (Å²) in [5.74, 6) is -2.13. The second kappa shape index (κ2) is 5.23. The molecule has 0 saturated carbocycles. The van der Waals surface area contributed by atoms with E-state index in [-0.39, 0.29) is 23.8 Å². The van der Waals surface area contributed by atoms with E-state index in [1.54, 1.807) is 0 Å². The van der Waals surface area contributed by atoms with E-state index in [1.165, 1.54) is 18.3 Å². The van der Waals surface area contributed by atoms with Crippen LogP contribution in [0, 0.1) is 0 Å². The quantitative estimate of drug-likeness (QED) is 0.730. The van der Waals surface area contributed by atoms with Gasteiger partial charge in [-0.2, -0.15) is 0 Å². The zero-order valence-corrected chi connectivity index (χ0v) is 10.4. The van der Waals surface area contributed by atoms with Crippen molar-refractivity contribution in [2.75, 3.05) is 13.1 Å². The van der Waals surface area contributed by atoms with Crippen molar-refractivity contribution in [2.45, 2.75) is 6.04 Å². The zero-order chi connectivity index (χ0) is 14.0. The summed E-state index contributed by atoms with van der Waals surface area (Å²) >= 11 is 5.61. The molecule has 1 aliphatic heterocycles. The van der Waals surface area contributed by atoms with Crippen LogP contribution < -0.4 is 5.32 Å². The number of halogens is 1. The van der Waals surface area contributed by atoms with E-state index in [0.29, 0.717) is 0 Å². The van der Waals surface area contributed by atoms with Gasteiger partial charge in [0.25, 0.3) is 5.91 Å². The van der Waals surface area contributed by atoms with E-state index < -0.39 is 23.8 Å². The van der Waals surface area contributed by atoms with Crippen molar-refractivity contribution in [1.82, 2.24) is 15.2 Å². The molecule has 0 radical (unpaired) electrons. The summed E-state index contributed by atoms with van der Waals surface area (Å²) in [6.45, 7) is -0.403.